The molecule has 0 heterocycles. The molecule has 70 valence electrons. The van der Waals surface area contributed by atoms with Gasteiger partial charge < -0.3 is 10.6 Å². The third-order valence-corrected chi connectivity index (χ3v) is 1.69. The second-order valence-electron chi connectivity index (χ2n) is 2.69. The van der Waals surface area contributed by atoms with Gasteiger partial charge in [-0.15, -0.1) is 0 Å². The van der Waals surface area contributed by atoms with E-state index in [2.05, 4.69) is 33.1 Å². The van der Waals surface area contributed by atoms with Crippen LogP contribution in [-0.4, -0.2) is 26.0 Å². The Hall–Kier alpha value is -0.350. The quantitative estimate of drug-likeness (QED) is 0.742. The lowest BCUT2D eigenvalue weighted by Gasteiger charge is -2.10. The topological polar surface area (TPSA) is 41.1 Å². The number of amides is 1. The van der Waals surface area contributed by atoms with Crippen LogP contribution >= 0.6 is 15.9 Å². The Kier molecular flexibility index (Phi) is 6.02. The summed E-state index contributed by atoms with van der Waals surface area (Å²) in [4.78, 5) is 11.2. The van der Waals surface area contributed by atoms with Crippen LogP contribution in [0.25, 0.3) is 0 Å². The van der Waals surface area contributed by atoms with Crippen molar-refractivity contribution in [3.8, 4) is 0 Å². The molecule has 2 N–H and O–H groups in total. The average Bonchev–Trinajstić information content (AvgIpc) is 2.00. The van der Waals surface area contributed by atoms with Crippen molar-refractivity contribution in [3.05, 3.63) is 11.1 Å². The maximum absolute atomic E-state index is 11.2. The Morgan fingerprint density at radius 1 is 1.67 bits per heavy atom. The minimum Gasteiger partial charge on any atom is -0.351 e. The molecule has 12 heavy (non-hydrogen) atoms. The summed E-state index contributed by atoms with van der Waals surface area (Å²) in [5.74, 6) is 0.0480. The highest BCUT2D eigenvalue weighted by molar-refractivity contribution is 9.11. The van der Waals surface area contributed by atoms with Gasteiger partial charge in [0.25, 0.3) is 0 Å². The van der Waals surface area contributed by atoms with Gasteiger partial charge in [-0.25, -0.2) is 0 Å². The maximum Gasteiger partial charge on any atom is 0.224 e. The predicted molar refractivity (Wildman–Crippen MR) is 54.2 cm³/mol. The molecule has 0 spiro atoms. The van der Waals surface area contributed by atoms with Crippen molar-refractivity contribution in [3.63, 3.8) is 0 Å². The van der Waals surface area contributed by atoms with Crippen molar-refractivity contribution in [2.45, 2.75) is 6.92 Å². The number of rotatable bonds is 5. The van der Waals surface area contributed by atoms with Gasteiger partial charge in [0.05, 0.1) is 0 Å². The van der Waals surface area contributed by atoms with E-state index >= 15 is 0 Å². The Bertz CT molecular complexity index is 170. The number of hydrogen-bond donors (Lipinski definition) is 2. The van der Waals surface area contributed by atoms with Gasteiger partial charge in [0, 0.05) is 23.5 Å². The molecule has 1 atom stereocenters. The number of nitrogens with one attached hydrogen (secondary N) is 2. The number of carbonyl (C=O) groups excluding carboxylic acids is 1. The molecule has 3 nitrogen and oxygen atoms in total. The van der Waals surface area contributed by atoms with E-state index in [0.717, 1.165) is 4.48 Å². The molecule has 0 aromatic rings. The van der Waals surface area contributed by atoms with Gasteiger partial charge in [0.2, 0.25) is 5.91 Å². The molecule has 0 aliphatic rings. The fourth-order valence-electron chi connectivity index (χ4n) is 0.756. The molecule has 0 saturated heterocycles. The van der Waals surface area contributed by atoms with E-state index in [0.29, 0.717) is 13.1 Å². The maximum atomic E-state index is 11.2. The minimum absolute atomic E-state index is 0.00171. The second kappa shape index (κ2) is 6.20. The first-order valence-electron chi connectivity index (χ1n) is 3.83. The monoisotopic (exact) mass is 234 g/mol. The fraction of sp³-hybridized carbons (Fsp3) is 0.625. The summed E-state index contributed by atoms with van der Waals surface area (Å²) in [6.07, 6.45) is 0. The number of carbonyl (C=O) groups is 1. The predicted octanol–water partition coefficient (Wildman–Crippen LogP) is 0.867. The van der Waals surface area contributed by atoms with Crippen LogP contribution in [-0.2, 0) is 4.79 Å². The molecule has 0 aliphatic heterocycles. The van der Waals surface area contributed by atoms with Crippen molar-refractivity contribution < 1.29 is 4.79 Å². The lowest BCUT2D eigenvalue weighted by molar-refractivity contribution is -0.124. The summed E-state index contributed by atoms with van der Waals surface area (Å²) in [6.45, 7) is 6.68. The SMILES string of the molecule is C=C(Br)CNC(=O)C(C)CNC. The van der Waals surface area contributed by atoms with Crippen molar-refractivity contribution in [1.29, 1.82) is 0 Å². The first-order chi connectivity index (χ1) is 5.57. The molecular formula is C8H15BrN2O. The zero-order valence-electron chi connectivity index (χ0n) is 7.48. The van der Waals surface area contributed by atoms with Crippen molar-refractivity contribution in [2.75, 3.05) is 20.1 Å². The first kappa shape index (κ1) is 11.6. The van der Waals surface area contributed by atoms with E-state index < -0.39 is 0 Å². The van der Waals surface area contributed by atoms with Gasteiger partial charge >= 0.3 is 0 Å². The minimum atomic E-state index is 0.00171. The molecule has 0 saturated carbocycles. The normalized spacial score (nSPS) is 12.2. The van der Waals surface area contributed by atoms with Crippen molar-refractivity contribution >= 4 is 21.8 Å². The molecule has 4 heteroatoms. The van der Waals surface area contributed by atoms with Gasteiger partial charge in [-0.3, -0.25) is 4.79 Å². The Labute approximate surface area is 81.7 Å². The van der Waals surface area contributed by atoms with Gasteiger partial charge in [0.15, 0.2) is 0 Å². The lowest BCUT2D eigenvalue weighted by Crippen LogP contribution is -2.34. The molecule has 0 bridgehead atoms. The summed E-state index contributed by atoms with van der Waals surface area (Å²) in [6, 6.07) is 0. The largest absolute Gasteiger partial charge is 0.351 e. The van der Waals surface area contributed by atoms with Crippen LogP contribution < -0.4 is 10.6 Å². The van der Waals surface area contributed by atoms with Gasteiger partial charge in [-0.05, 0) is 7.05 Å². The lowest BCUT2D eigenvalue weighted by atomic mass is 10.1. The molecule has 0 radical (unpaired) electrons. The van der Waals surface area contributed by atoms with Crippen LogP contribution in [0, 0.1) is 5.92 Å². The van der Waals surface area contributed by atoms with Crippen LogP contribution in [0.1, 0.15) is 6.92 Å². The van der Waals surface area contributed by atoms with Crippen LogP contribution in [0.2, 0.25) is 0 Å². The standard InChI is InChI=1S/C8H15BrN2O/c1-6(4-10-3)8(12)11-5-7(2)9/h6,10H,2,4-5H2,1,3H3,(H,11,12). The van der Waals surface area contributed by atoms with E-state index in [-0.39, 0.29) is 11.8 Å². The van der Waals surface area contributed by atoms with Crippen molar-refractivity contribution in [1.82, 2.24) is 10.6 Å². The van der Waals surface area contributed by atoms with E-state index in [9.17, 15) is 4.79 Å². The van der Waals surface area contributed by atoms with E-state index in [1.165, 1.54) is 0 Å². The van der Waals surface area contributed by atoms with Crippen LogP contribution in [0.3, 0.4) is 0 Å². The van der Waals surface area contributed by atoms with Crippen LogP contribution in [0.5, 0.6) is 0 Å². The highest BCUT2D eigenvalue weighted by atomic mass is 79.9. The summed E-state index contributed by atoms with van der Waals surface area (Å²) >= 11 is 3.17. The first-order valence-corrected chi connectivity index (χ1v) is 4.62. The molecule has 0 aromatic heterocycles. The molecule has 0 aliphatic carbocycles. The summed E-state index contributed by atoms with van der Waals surface area (Å²) in [7, 11) is 1.83. The third-order valence-electron chi connectivity index (χ3n) is 1.41. The van der Waals surface area contributed by atoms with Gasteiger partial charge in [-0.2, -0.15) is 0 Å². The summed E-state index contributed by atoms with van der Waals surface area (Å²) < 4.78 is 0.785. The average molecular weight is 235 g/mol. The van der Waals surface area contributed by atoms with Crippen LogP contribution in [0.15, 0.2) is 11.1 Å². The molecular weight excluding hydrogens is 220 g/mol. The fourth-order valence-corrected chi connectivity index (χ4v) is 0.896. The van der Waals surface area contributed by atoms with E-state index in [1.807, 2.05) is 14.0 Å². The number of hydrogen-bond acceptors (Lipinski definition) is 2. The highest BCUT2D eigenvalue weighted by Crippen LogP contribution is 1.98. The Balaban J connectivity index is 3.64. The zero-order valence-corrected chi connectivity index (χ0v) is 9.07. The van der Waals surface area contributed by atoms with Crippen LogP contribution in [0.4, 0.5) is 0 Å². The zero-order chi connectivity index (χ0) is 9.56. The van der Waals surface area contributed by atoms with E-state index in [4.69, 9.17) is 0 Å². The van der Waals surface area contributed by atoms with E-state index in [1.54, 1.807) is 0 Å². The second-order valence-corrected chi connectivity index (χ2v) is 3.82. The van der Waals surface area contributed by atoms with Gasteiger partial charge in [0.1, 0.15) is 0 Å². The summed E-state index contributed by atoms with van der Waals surface area (Å²) in [5, 5.41) is 5.68. The van der Waals surface area contributed by atoms with Crippen molar-refractivity contribution in [2.24, 2.45) is 5.92 Å². The van der Waals surface area contributed by atoms with Gasteiger partial charge in [-0.1, -0.05) is 29.4 Å². The smallest absolute Gasteiger partial charge is 0.224 e. The summed E-state index contributed by atoms with van der Waals surface area (Å²) in [5.41, 5.74) is 0. The molecule has 1 unspecified atom stereocenters. The highest BCUT2D eigenvalue weighted by Gasteiger charge is 2.10. The Morgan fingerprint density at radius 3 is 2.67 bits per heavy atom. The number of halogens is 1. The third kappa shape index (κ3) is 5.32. The molecule has 0 rings (SSSR count). The molecule has 0 fully saturated rings. The Morgan fingerprint density at radius 2 is 2.25 bits per heavy atom. The molecule has 0 aromatic carbocycles. The molecule has 1 amide bonds.